The van der Waals surface area contributed by atoms with E-state index in [1.807, 2.05) is 0 Å². The number of hydrogen-bond donors (Lipinski definition) is 1. The molecule has 0 aromatic heterocycles. The molecule has 0 heterocycles. The van der Waals surface area contributed by atoms with Gasteiger partial charge in [-0.25, -0.2) is 0 Å². The van der Waals surface area contributed by atoms with Gasteiger partial charge < -0.3 is 9.84 Å². The van der Waals surface area contributed by atoms with Crippen molar-refractivity contribution in [1.82, 2.24) is 0 Å². The molecule has 5 rings (SSSR count). The van der Waals surface area contributed by atoms with Crippen LogP contribution < -0.4 is 0 Å². The molecule has 0 radical (unpaired) electrons. The van der Waals surface area contributed by atoms with Crippen molar-refractivity contribution in [3.8, 4) is 0 Å². The van der Waals surface area contributed by atoms with Crippen LogP contribution in [-0.2, 0) is 9.53 Å². The summed E-state index contributed by atoms with van der Waals surface area (Å²) < 4.78 is 5.88. The van der Waals surface area contributed by atoms with Gasteiger partial charge in [0, 0.05) is 5.33 Å². The van der Waals surface area contributed by atoms with Crippen LogP contribution >= 0.6 is 15.9 Å². The van der Waals surface area contributed by atoms with Crippen LogP contribution in [0, 0.1) is 50.2 Å². The molecule has 0 aromatic carbocycles. The Hall–Kier alpha value is -0.350. The molecule has 1 N–H and O–H groups in total. The summed E-state index contributed by atoms with van der Waals surface area (Å²) in [7, 11) is 0. The van der Waals surface area contributed by atoms with Crippen molar-refractivity contribution >= 4 is 21.9 Å². The Morgan fingerprint density at radius 3 is 2.36 bits per heavy atom. The molecule has 4 fully saturated rings. The fourth-order valence-electron chi connectivity index (χ4n) is 11.1. The van der Waals surface area contributed by atoms with Gasteiger partial charge in [-0.3, -0.25) is 4.79 Å². The zero-order chi connectivity index (χ0) is 26.4. The maximum absolute atomic E-state index is 13.7. The van der Waals surface area contributed by atoms with Gasteiger partial charge in [-0.05, 0) is 109 Å². The van der Waals surface area contributed by atoms with Crippen molar-refractivity contribution < 1.29 is 14.6 Å². The van der Waals surface area contributed by atoms with Crippen LogP contribution in [0.1, 0.15) is 113 Å². The molecule has 8 atom stereocenters. The topological polar surface area (TPSA) is 46.5 Å². The molecular formula is C32H51BrO3. The van der Waals surface area contributed by atoms with E-state index in [9.17, 15) is 9.90 Å². The van der Waals surface area contributed by atoms with Crippen LogP contribution in [0.25, 0.3) is 0 Å². The molecule has 0 aromatic rings. The van der Waals surface area contributed by atoms with Gasteiger partial charge in [0.1, 0.15) is 6.61 Å². The number of esters is 1. The first-order valence-electron chi connectivity index (χ1n) is 14.8. The maximum Gasteiger partial charge on any atom is 0.312 e. The molecule has 0 spiro atoms. The predicted octanol–water partition coefficient (Wildman–Crippen LogP) is 8.09. The van der Waals surface area contributed by atoms with Gasteiger partial charge in [-0.15, -0.1) is 0 Å². The van der Waals surface area contributed by atoms with Crippen molar-refractivity contribution in [2.45, 2.75) is 119 Å². The van der Waals surface area contributed by atoms with Crippen LogP contribution in [0.2, 0.25) is 0 Å². The predicted molar refractivity (Wildman–Crippen MR) is 150 cm³/mol. The number of aliphatic hydroxyl groups is 1. The SMILES string of the molecule is CC1(C)CC[C@]2(C(=O)OCCBr)CC[C@]3(C)C(=CCC4[C@@]5(C)C[C@H](O)CC(C)(C)C5CC[C@]43C)C2C1. The summed E-state index contributed by atoms with van der Waals surface area (Å²) in [5.41, 5.74) is 2.14. The van der Waals surface area contributed by atoms with Gasteiger partial charge in [0.15, 0.2) is 0 Å². The number of hydrogen-bond acceptors (Lipinski definition) is 3. The Balaban J connectivity index is 1.58. The summed E-state index contributed by atoms with van der Waals surface area (Å²) in [5.74, 6) is 1.60. The van der Waals surface area contributed by atoms with Crippen molar-refractivity contribution in [2.75, 3.05) is 11.9 Å². The second kappa shape index (κ2) is 8.57. The summed E-state index contributed by atoms with van der Waals surface area (Å²) in [6.45, 7) is 17.8. The van der Waals surface area contributed by atoms with E-state index in [4.69, 9.17) is 4.74 Å². The number of aliphatic hydroxyl groups excluding tert-OH is 1. The Morgan fingerprint density at radius 1 is 0.972 bits per heavy atom. The van der Waals surface area contributed by atoms with Gasteiger partial charge in [0.2, 0.25) is 0 Å². The monoisotopic (exact) mass is 562 g/mol. The largest absolute Gasteiger partial charge is 0.464 e. The molecule has 4 heteroatoms. The van der Waals surface area contributed by atoms with Gasteiger partial charge >= 0.3 is 5.97 Å². The van der Waals surface area contributed by atoms with Crippen LogP contribution in [-0.4, -0.2) is 29.1 Å². The Kier molecular flexibility index (Phi) is 6.48. The number of ether oxygens (including phenoxy) is 1. The van der Waals surface area contributed by atoms with E-state index in [-0.39, 0.29) is 44.6 Å². The number of allylic oxidation sites excluding steroid dienone is 2. The molecule has 0 bridgehead atoms. The van der Waals surface area contributed by atoms with E-state index in [0.717, 1.165) is 51.4 Å². The minimum Gasteiger partial charge on any atom is -0.464 e. The van der Waals surface area contributed by atoms with Crippen molar-refractivity contribution in [3.05, 3.63) is 11.6 Å². The average molecular weight is 564 g/mol. The van der Waals surface area contributed by atoms with E-state index in [1.54, 1.807) is 5.57 Å². The highest BCUT2D eigenvalue weighted by atomic mass is 79.9. The van der Waals surface area contributed by atoms with Crippen LogP contribution in [0.15, 0.2) is 11.6 Å². The summed E-state index contributed by atoms with van der Waals surface area (Å²) in [5, 5.41) is 11.7. The summed E-state index contributed by atoms with van der Waals surface area (Å²) >= 11 is 3.45. The number of rotatable bonds is 3. The molecule has 3 unspecified atom stereocenters. The van der Waals surface area contributed by atoms with E-state index in [1.165, 1.54) is 12.8 Å². The fraction of sp³-hybridized carbons (Fsp3) is 0.906. The quantitative estimate of drug-likeness (QED) is 0.215. The minimum atomic E-state index is -0.351. The number of carbonyl (C=O) groups is 1. The minimum absolute atomic E-state index is 0.0606. The Labute approximate surface area is 228 Å². The highest BCUT2D eigenvalue weighted by molar-refractivity contribution is 9.09. The fourth-order valence-corrected chi connectivity index (χ4v) is 11.3. The van der Waals surface area contributed by atoms with Gasteiger partial charge in [0.05, 0.1) is 11.5 Å². The molecular weight excluding hydrogens is 512 g/mol. The first kappa shape index (κ1) is 27.2. The zero-order valence-corrected chi connectivity index (χ0v) is 25.6. The molecule has 204 valence electrons. The third kappa shape index (κ3) is 3.69. The second-order valence-electron chi connectivity index (χ2n) is 15.7. The molecule has 5 aliphatic rings. The highest BCUT2D eigenvalue weighted by Gasteiger charge is 2.69. The first-order chi connectivity index (χ1) is 16.7. The normalized spacial score (nSPS) is 49.0. The van der Waals surface area contributed by atoms with E-state index >= 15 is 0 Å². The molecule has 0 saturated heterocycles. The standard InChI is InChI=1S/C32H51BrO3/c1-27(2)12-14-32(26(35)36-17-16-33)15-13-30(6)22(23(32)20-27)8-9-25-29(5)19-21(34)18-28(3,4)24(29)10-11-31(25,30)7/h8,21,23-25,34H,9-20H2,1-7H3/t21-,23?,24?,25?,29+,30-,31-,32+/m1/s1. The lowest BCUT2D eigenvalue weighted by atomic mass is 9.33. The van der Waals surface area contributed by atoms with E-state index in [2.05, 4.69) is 70.5 Å². The Morgan fingerprint density at radius 2 is 1.67 bits per heavy atom. The second-order valence-corrected chi connectivity index (χ2v) is 16.5. The van der Waals surface area contributed by atoms with Crippen LogP contribution in [0.4, 0.5) is 0 Å². The molecule has 0 aliphatic heterocycles. The number of halogens is 1. The summed E-state index contributed by atoms with van der Waals surface area (Å²) in [6, 6.07) is 0. The smallest absolute Gasteiger partial charge is 0.312 e. The van der Waals surface area contributed by atoms with E-state index < -0.39 is 0 Å². The summed E-state index contributed by atoms with van der Waals surface area (Å²) in [6.07, 6.45) is 13.1. The molecule has 4 saturated carbocycles. The van der Waals surface area contributed by atoms with Crippen molar-refractivity contribution in [1.29, 1.82) is 0 Å². The van der Waals surface area contributed by atoms with Crippen LogP contribution in [0.3, 0.4) is 0 Å². The lowest BCUT2D eigenvalue weighted by molar-refractivity contribution is -0.201. The van der Waals surface area contributed by atoms with Gasteiger partial charge in [-0.1, -0.05) is 76.0 Å². The third-order valence-electron chi connectivity index (χ3n) is 13.0. The van der Waals surface area contributed by atoms with Gasteiger partial charge in [-0.2, -0.15) is 0 Å². The lowest BCUT2D eigenvalue weighted by Gasteiger charge is -2.71. The average Bonchev–Trinajstić information content (AvgIpc) is 2.76. The number of carbonyl (C=O) groups excluding carboxylic acids is 1. The van der Waals surface area contributed by atoms with Crippen LogP contribution in [0.5, 0.6) is 0 Å². The summed E-state index contributed by atoms with van der Waals surface area (Å²) in [4.78, 5) is 13.7. The maximum atomic E-state index is 13.7. The molecule has 3 nitrogen and oxygen atoms in total. The molecule has 5 aliphatic carbocycles. The first-order valence-corrected chi connectivity index (χ1v) is 15.9. The highest BCUT2D eigenvalue weighted by Crippen LogP contribution is 2.75. The number of fused-ring (bicyclic) bond motifs is 7. The van der Waals surface area contributed by atoms with E-state index in [0.29, 0.717) is 29.7 Å². The molecule has 0 amide bonds. The van der Waals surface area contributed by atoms with Crippen molar-refractivity contribution in [2.24, 2.45) is 50.2 Å². The van der Waals surface area contributed by atoms with Crippen molar-refractivity contribution in [3.63, 3.8) is 0 Å². The molecule has 36 heavy (non-hydrogen) atoms. The number of alkyl halides is 1. The van der Waals surface area contributed by atoms with Gasteiger partial charge in [0.25, 0.3) is 0 Å². The lowest BCUT2D eigenvalue weighted by Crippen LogP contribution is -2.64. The third-order valence-corrected chi connectivity index (χ3v) is 13.3. The Bertz CT molecular complexity index is 938. The zero-order valence-electron chi connectivity index (χ0n) is 24.0.